The fourth-order valence-electron chi connectivity index (χ4n) is 1.58. The molecule has 0 spiro atoms. The maximum Gasteiger partial charge on any atom is 0.335 e. The summed E-state index contributed by atoms with van der Waals surface area (Å²) in [5, 5.41) is 31.6. The monoisotopic (exact) mass is 266 g/mol. The second kappa shape index (κ2) is 6.60. The van der Waals surface area contributed by atoms with Gasteiger partial charge in [0.25, 0.3) is 0 Å². The van der Waals surface area contributed by atoms with E-state index in [1.165, 1.54) is 18.2 Å². The molecule has 0 aliphatic heterocycles. The summed E-state index contributed by atoms with van der Waals surface area (Å²) in [6.07, 6.45) is -2.34. The van der Waals surface area contributed by atoms with Crippen molar-refractivity contribution in [2.45, 2.75) is 18.6 Å². The van der Waals surface area contributed by atoms with E-state index in [0.717, 1.165) is 0 Å². The lowest BCUT2D eigenvalue weighted by atomic mass is 9.99. The average molecular weight is 266 g/mol. The molecule has 5 N–H and O–H groups in total. The summed E-state index contributed by atoms with van der Waals surface area (Å²) < 4.78 is 0. The highest BCUT2D eigenvalue weighted by molar-refractivity contribution is 5.89. The highest BCUT2D eigenvalue weighted by Crippen LogP contribution is 2.25. The average Bonchev–Trinajstić information content (AvgIpc) is 2.37. The maximum absolute atomic E-state index is 10.7. The third-order valence-electron chi connectivity index (χ3n) is 2.60. The van der Waals surface area contributed by atoms with Gasteiger partial charge in [-0.2, -0.15) is 0 Å². The number of hydrogen-bond donors (Lipinski definition) is 4. The van der Waals surface area contributed by atoms with E-state index < -0.39 is 18.2 Å². The van der Waals surface area contributed by atoms with Crippen LogP contribution in [0, 0.1) is 0 Å². The lowest BCUT2D eigenvalue weighted by molar-refractivity contribution is 0.0154. The molecule has 1 aromatic rings. The molecule has 0 bridgehead atoms. The number of rotatable bonds is 6. The zero-order valence-electron chi connectivity index (χ0n) is 9.97. The molecule has 0 radical (unpaired) electrons. The highest BCUT2D eigenvalue weighted by Gasteiger charge is 2.20. The van der Waals surface area contributed by atoms with Gasteiger partial charge in [0.1, 0.15) is 6.10 Å². The number of hydrogen-bond acceptors (Lipinski definition) is 5. The smallest absolute Gasteiger partial charge is 0.335 e. The van der Waals surface area contributed by atoms with Crippen LogP contribution in [0.4, 0.5) is 5.69 Å². The molecule has 0 aliphatic carbocycles. The van der Waals surface area contributed by atoms with Crippen LogP contribution in [0.2, 0.25) is 0 Å². The van der Waals surface area contributed by atoms with Crippen molar-refractivity contribution in [1.29, 1.82) is 0 Å². The van der Waals surface area contributed by atoms with Gasteiger partial charge in [0, 0.05) is 22.7 Å². The molecule has 0 fully saturated rings. The summed E-state index contributed by atoms with van der Waals surface area (Å²) in [7, 11) is 0. The third kappa shape index (κ3) is 3.85. The molecule has 2 atom stereocenters. The van der Waals surface area contributed by atoms with Gasteiger partial charge in [-0.3, -0.25) is 0 Å². The molecule has 0 aromatic heterocycles. The number of benzene rings is 1. The van der Waals surface area contributed by atoms with Gasteiger partial charge in [-0.1, -0.05) is 11.2 Å². The van der Waals surface area contributed by atoms with Crippen molar-refractivity contribution in [3.8, 4) is 0 Å². The van der Waals surface area contributed by atoms with Crippen LogP contribution >= 0.6 is 0 Å². The molecule has 102 valence electrons. The van der Waals surface area contributed by atoms with Gasteiger partial charge in [0.05, 0.1) is 11.7 Å². The Kier molecular flexibility index (Phi) is 5.13. The van der Waals surface area contributed by atoms with Crippen molar-refractivity contribution in [3.63, 3.8) is 0 Å². The van der Waals surface area contributed by atoms with E-state index in [1.54, 1.807) is 0 Å². The first-order valence-electron chi connectivity index (χ1n) is 5.47. The minimum atomic E-state index is -1.27. The normalized spacial score (nSPS) is 13.4. The van der Waals surface area contributed by atoms with Crippen LogP contribution in [0.5, 0.6) is 0 Å². The van der Waals surface area contributed by atoms with Gasteiger partial charge in [-0.05, 0) is 24.1 Å². The first-order valence-corrected chi connectivity index (χ1v) is 5.47. The molecule has 0 saturated carbocycles. The Bertz CT molecular complexity index is 513. The van der Waals surface area contributed by atoms with Gasteiger partial charge in [0.15, 0.2) is 0 Å². The topological polar surface area (TPSA) is 153 Å². The summed E-state index contributed by atoms with van der Waals surface area (Å²) in [6.45, 7) is 0.0435. The van der Waals surface area contributed by atoms with Gasteiger partial charge in [0.2, 0.25) is 0 Å². The number of carbonyl (C=O) groups is 1. The Morgan fingerprint density at radius 2 is 2.16 bits per heavy atom. The van der Waals surface area contributed by atoms with Gasteiger partial charge in [-0.15, -0.1) is 0 Å². The van der Waals surface area contributed by atoms with Crippen molar-refractivity contribution in [3.05, 3.63) is 39.8 Å². The molecular formula is C11H14N4O4. The van der Waals surface area contributed by atoms with Crippen LogP contribution in [0.15, 0.2) is 23.3 Å². The van der Waals surface area contributed by atoms with E-state index >= 15 is 0 Å². The Balaban J connectivity index is 2.84. The van der Waals surface area contributed by atoms with E-state index in [1.807, 2.05) is 0 Å². The number of aromatic carboxylic acids is 1. The van der Waals surface area contributed by atoms with Crippen molar-refractivity contribution in [1.82, 2.24) is 0 Å². The van der Waals surface area contributed by atoms with Crippen LogP contribution < -0.4 is 5.73 Å². The van der Waals surface area contributed by atoms with Crippen LogP contribution in [0.25, 0.3) is 10.4 Å². The fraction of sp³-hybridized carbons (Fsp3) is 0.364. The number of anilines is 1. The molecule has 8 heteroatoms. The van der Waals surface area contributed by atoms with E-state index in [9.17, 15) is 15.0 Å². The predicted molar refractivity (Wildman–Crippen MR) is 67.4 cm³/mol. The largest absolute Gasteiger partial charge is 0.478 e. The Labute approximate surface area is 108 Å². The number of azide groups is 1. The second-order valence-corrected chi connectivity index (χ2v) is 3.90. The molecule has 0 aliphatic rings. The molecule has 0 saturated heterocycles. The van der Waals surface area contributed by atoms with E-state index in [4.69, 9.17) is 16.4 Å². The maximum atomic E-state index is 10.7. The standard InChI is InChI=1S/C11H14N4O4/c12-8-5-6(11(18)19)1-2-7(8)10(17)9(16)3-4-14-15-13/h1-2,5,9-10,16-17H,3-4,12H2,(H,18,19). The summed E-state index contributed by atoms with van der Waals surface area (Å²) >= 11 is 0. The fourth-order valence-corrected chi connectivity index (χ4v) is 1.58. The van der Waals surface area contributed by atoms with Gasteiger partial charge in [-0.25, -0.2) is 4.79 Å². The van der Waals surface area contributed by atoms with Crippen molar-refractivity contribution in [2.24, 2.45) is 5.11 Å². The van der Waals surface area contributed by atoms with Crippen LogP contribution in [0.1, 0.15) is 28.4 Å². The highest BCUT2D eigenvalue weighted by atomic mass is 16.4. The third-order valence-corrected chi connectivity index (χ3v) is 2.60. The van der Waals surface area contributed by atoms with Crippen molar-refractivity contribution >= 4 is 11.7 Å². The first-order chi connectivity index (χ1) is 8.97. The van der Waals surface area contributed by atoms with E-state index in [0.29, 0.717) is 0 Å². The number of aliphatic hydroxyl groups excluding tert-OH is 2. The lowest BCUT2D eigenvalue weighted by Gasteiger charge is -2.19. The van der Waals surface area contributed by atoms with Crippen molar-refractivity contribution < 1.29 is 20.1 Å². The quantitative estimate of drug-likeness (QED) is 0.262. The minimum Gasteiger partial charge on any atom is -0.478 e. The SMILES string of the molecule is [N-]=[N+]=NCCC(O)C(O)c1ccc(C(=O)O)cc1N. The van der Waals surface area contributed by atoms with Crippen LogP contribution in [-0.2, 0) is 0 Å². The van der Waals surface area contributed by atoms with Crippen LogP contribution in [-0.4, -0.2) is 33.9 Å². The first kappa shape index (κ1) is 14.8. The summed E-state index contributed by atoms with van der Waals surface area (Å²) in [5.41, 5.74) is 14.0. The number of nitrogen functional groups attached to an aromatic ring is 1. The summed E-state index contributed by atoms with van der Waals surface area (Å²) in [5.74, 6) is -1.13. The van der Waals surface area contributed by atoms with Gasteiger partial charge >= 0.3 is 5.97 Å². The molecule has 1 rings (SSSR count). The lowest BCUT2D eigenvalue weighted by Crippen LogP contribution is -2.20. The molecule has 19 heavy (non-hydrogen) atoms. The molecule has 2 unspecified atom stereocenters. The van der Waals surface area contributed by atoms with Crippen LogP contribution in [0.3, 0.4) is 0 Å². The molecule has 0 heterocycles. The van der Waals surface area contributed by atoms with Crippen molar-refractivity contribution in [2.75, 3.05) is 12.3 Å². The Hall–Kier alpha value is -2.28. The zero-order chi connectivity index (χ0) is 14.4. The number of carboxylic acids is 1. The van der Waals surface area contributed by atoms with E-state index in [2.05, 4.69) is 10.0 Å². The predicted octanol–water partition coefficient (Wildman–Crippen LogP) is 1.06. The number of carboxylic acid groups (broad SMARTS) is 1. The summed E-state index contributed by atoms with van der Waals surface area (Å²) in [6, 6.07) is 3.85. The Morgan fingerprint density at radius 3 is 2.68 bits per heavy atom. The molecule has 0 amide bonds. The Morgan fingerprint density at radius 1 is 1.47 bits per heavy atom. The number of nitrogens with two attached hydrogens (primary N) is 1. The number of nitrogens with zero attached hydrogens (tertiary/aromatic N) is 3. The molecular weight excluding hydrogens is 252 g/mol. The molecule has 8 nitrogen and oxygen atoms in total. The number of aliphatic hydroxyl groups is 2. The minimum absolute atomic E-state index is 0.00276. The zero-order valence-corrected chi connectivity index (χ0v) is 9.97. The summed E-state index contributed by atoms with van der Waals surface area (Å²) in [4.78, 5) is 13.3. The van der Waals surface area contributed by atoms with Gasteiger partial charge < -0.3 is 21.1 Å². The molecule has 1 aromatic carbocycles. The van der Waals surface area contributed by atoms with E-state index in [-0.39, 0.29) is 29.8 Å². The second-order valence-electron chi connectivity index (χ2n) is 3.90.